The Hall–Kier alpha value is -3.04. The normalized spacial score (nSPS) is 14.9. The van der Waals surface area contributed by atoms with Crippen molar-refractivity contribution in [1.29, 1.82) is 0 Å². The van der Waals surface area contributed by atoms with E-state index in [9.17, 15) is 4.79 Å². The summed E-state index contributed by atoms with van der Waals surface area (Å²) in [6, 6.07) is 1.97. The molecule has 4 heterocycles. The van der Waals surface area contributed by atoms with Crippen LogP contribution in [0.1, 0.15) is 11.7 Å². The second kappa shape index (κ2) is 5.63. The first kappa shape index (κ1) is 13.6. The molecule has 4 rings (SSSR count). The number of hydrogen-bond acceptors (Lipinski definition) is 6. The van der Waals surface area contributed by atoms with Crippen molar-refractivity contribution in [2.75, 3.05) is 13.1 Å². The van der Waals surface area contributed by atoms with Crippen LogP contribution in [0.25, 0.3) is 0 Å². The van der Waals surface area contributed by atoms with E-state index in [1.807, 2.05) is 6.20 Å². The van der Waals surface area contributed by atoms with Crippen LogP contribution in [0.3, 0.4) is 0 Å². The maximum absolute atomic E-state index is 12.1. The second-order valence-electron chi connectivity index (χ2n) is 5.41. The quantitative estimate of drug-likeness (QED) is 0.611. The molecule has 23 heavy (non-hydrogen) atoms. The van der Waals surface area contributed by atoms with Gasteiger partial charge in [0.15, 0.2) is 0 Å². The van der Waals surface area contributed by atoms with Crippen molar-refractivity contribution < 1.29 is 4.79 Å². The van der Waals surface area contributed by atoms with Gasteiger partial charge in [0.25, 0.3) is 0 Å². The van der Waals surface area contributed by atoms with Gasteiger partial charge < -0.3 is 4.90 Å². The number of rotatable bonds is 5. The largest absolute Gasteiger partial charge is 0.337 e. The summed E-state index contributed by atoms with van der Waals surface area (Å²) in [5.74, 6) is 0.0611. The van der Waals surface area contributed by atoms with E-state index in [0.29, 0.717) is 19.6 Å². The zero-order valence-electron chi connectivity index (χ0n) is 12.3. The van der Waals surface area contributed by atoms with Crippen LogP contribution >= 0.6 is 0 Å². The monoisotopic (exact) mass is 313 g/mol. The summed E-state index contributed by atoms with van der Waals surface area (Å²) in [6.07, 6.45) is 8.57. The van der Waals surface area contributed by atoms with Gasteiger partial charge in [0.1, 0.15) is 18.8 Å². The van der Waals surface area contributed by atoms with Gasteiger partial charge in [-0.3, -0.25) is 9.48 Å². The van der Waals surface area contributed by atoms with Crippen molar-refractivity contribution >= 4 is 5.91 Å². The van der Waals surface area contributed by atoms with E-state index in [4.69, 9.17) is 0 Å². The van der Waals surface area contributed by atoms with Gasteiger partial charge in [-0.15, -0.1) is 5.10 Å². The summed E-state index contributed by atoms with van der Waals surface area (Å²) < 4.78 is 3.43. The Morgan fingerprint density at radius 2 is 2.00 bits per heavy atom. The third-order valence-electron chi connectivity index (χ3n) is 3.77. The fourth-order valence-corrected chi connectivity index (χ4v) is 2.49. The van der Waals surface area contributed by atoms with Gasteiger partial charge in [-0.25, -0.2) is 4.68 Å². The molecule has 3 aromatic rings. The lowest BCUT2D eigenvalue weighted by Crippen LogP contribution is -2.51. The first-order valence-electron chi connectivity index (χ1n) is 7.28. The van der Waals surface area contributed by atoms with Gasteiger partial charge in [-0.2, -0.15) is 20.1 Å². The summed E-state index contributed by atoms with van der Waals surface area (Å²) >= 11 is 0. The van der Waals surface area contributed by atoms with Gasteiger partial charge in [0, 0.05) is 25.5 Å². The van der Waals surface area contributed by atoms with Crippen molar-refractivity contribution in [2.24, 2.45) is 0 Å². The number of nitrogens with zero attached hydrogens (tertiary/aromatic N) is 9. The number of likely N-dealkylation sites (tertiary alicyclic amines) is 1. The molecule has 0 radical (unpaired) electrons. The summed E-state index contributed by atoms with van der Waals surface area (Å²) in [5, 5.41) is 20.4. The Kier molecular flexibility index (Phi) is 3.33. The Morgan fingerprint density at radius 3 is 2.74 bits per heavy atom. The van der Waals surface area contributed by atoms with Crippen LogP contribution in [0, 0.1) is 0 Å². The highest BCUT2D eigenvalue weighted by atomic mass is 16.2. The maximum atomic E-state index is 12.1. The molecular formula is C13H15N9O. The highest BCUT2D eigenvalue weighted by Gasteiger charge is 2.32. The van der Waals surface area contributed by atoms with Crippen molar-refractivity contribution in [2.45, 2.75) is 19.1 Å². The highest BCUT2D eigenvalue weighted by Crippen LogP contribution is 2.20. The van der Waals surface area contributed by atoms with Crippen LogP contribution in [-0.2, 0) is 17.9 Å². The van der Waals surface area contributed by atoms with Crippen molar-refractivity contribution in [1.82, 2.24) is 44.7 Å². The zero-order chi connectivity index (χ0) is 15.6. The molecule has 1 amide bonds. The number of carbonyl (C=O) groups is 1. The molecule has 0 bridgehead atoms. The lowest BCUT2D eigenvalue weighted by molar-refractivity contribution is -0.138. The van der Waals surface area contributed by atoms with Crippen LogP contribution in [0.2, 0.25) is 0 Å². The zero-order valence-corrected chi connectivity index (χ0v) is 12.3. The molecular weight excluding hydrogens is 298 g/mol. The molecule has 0 atom stereocenters. The van der Waals surface area contributed by atoms with Gasteiger partial charge in [-0.1, -0.05) is 5.21 Å². The SMILES string of the molecule is O=C(Cn1cccn1)N1CC(n2cc(Cn3nccn3)nn2)C1. The van der Waals surface area contributed by atoms with E-state index < -0.39 is 0 Å². The minimum Gasteiger partial charge on any atom is -0.337 e. The lowest BCUT2D eigenvalue weighted by Gasteiger charge is -2.38. The van der Waals surface area contributed by atoms with Crippen molar-refractivity contribution in [3.8, 4) is 0 Å². The Bertz CT molecular complexity index is 770. The molecule has 10 heteroatoms. The van der Waals surface area contributed by atoms with Crippen molar-refractivity contribution in [3.05, 3.63) is 42.7 Å². The third-order valence-corrected chi connectivity index (χ3v) is 3.77. The average Bonchev–Trinajstić information content (AvgIpc) is 3.20. The summed E-state index contributed by atoms with van der Waals surface area (Å²) in [4.78, 5) is 15.4. The fraction of sp³-hybridized carbons (Fsp3) is 0.385. The summed E-state index contributed by atoms with van der Waals surface area (Å²) in [7, 11) is 0. The maximum Gasteiger partial charge on any atom is 0.244 e. The molecule has 1 aliphatic rings. The molecule has 0 saturated carbocycles. The molecule has 1 fully saturated rings. The number of amides is 1. The molecule has 0 aliphatic carbocycles. The van der Waals surface area contributed by atoms with E-state index in [0.717, 1.165) is 5.69 Å². The smallest absolute Gasteiger partial charge is 0.244 e. The lowest BCUT2D eigenvalue weighted by atomic mass is 10.1. The molecule has 0 unspecified atom stereocenters. The Morgan fingerprint density at radius 1 is 1.17 bits per heavy atom. The summed E-state index contributed by atoms with van der Waals surface area (Å²) in [5.41, 5.74) is 0.794. The highest BCUT2D eigenvalue weighted by molar-refractivity contribution is 5.76. The first-order valence-corrected chi connectivity index (χ1v) is 7.28. The van der Waals surface area contributed by atoms with E-state index in [2.05, 4.69) is 25.6 Å². The van der Waals surface area contributed by atoms with Crippen LogP contribution in [0.4, 0.5) is 0 Å². The predicted molar refractivity (Wildman–Crippen MR) is 77.0 cm³/mol. The van der Waals surface area contributed by atoms with E-state index >= 15 is 0 Å². The number of hydrogen-bond donors (Lipinski definition) is 0. The minimum absolute atomic E-state index is 0.0611. The van der Waals surface area contributed by atoms with Crippen LogP contribution in [0.15, 0.2) is 37.1 Å². The molecule has 3 aromatic heterocycles. The first-order chi connectivity index (χ1) is 11.3. The van der Waals surface area contributed by atoms with Crippen LogP contribution < -0.4 is 0 Å². The van der Waals surface area contributed by atoms with Gasteiger partial charge in [0.2, 0.25) is 5.91 Å². The molecule has 10 nitrogen and oxygen atoms in total. The third kappa shape index (κ3) is 2.82. The van der Waals surface area contributed by atoms with Gasteiger partial charge in [0.05, 0.1) is 24.6 Å². The summed E-state index contributed by atoms with van der Waals surface area (Å²) in [6.45, 7) is 2.04. The Balaban J connectivity index is 1.31. The van der Waals surface area contributed by atoms with Crippen molar-refractivity contribution in [3.63, 3.8) is 0 Å². The predicted octanol–water partition coefficient (Wildman–Crippen LogP) is -0.802. The minimum atomic E-state index is 0.0611. The molecule has 1 saturated heterocycles. The van der Waals surface area contributed by atoms with Crippen LogP contribution in [0.5, 0.6) is 0 Å². The Labute approximate surface area is 131 Å². The topological polar surface area (TPSA) is 99.6 Å². The number of carbonyl (C=O) groups excluding carboxylic acids is 1. The average molecular weight is 313 g/mol. The van der Waals surface area contributed by atoms with Crippen LogP contribution in [-0.4, -0.2) is 63.7 Å². The number of aromatic nitrogens is 8. The van der Waals surface area contributed by atoms with Gasteiger partial charge in [-0.05, 0) is 6.07 Å². The molecule has 0 N–H and O–H groups in total. The molecule has 0 spiro atoms. The molecule has 118 valence electrons. The fourth-order valence-electron chi connectivity index (χ4n) is 2.49. The standard InChI is InChI=1S/C13H15N9O/c23-13(10-20-5-1-2-14-20)19-8-12(9-19)21-6-11(17-18-21)7-22-15-3-4-16-22/h1-6,12H,7-10H2. The van der Waals surface area contributed by atoms with Gasteiger partial charge >= 0.3 is 0 Å². The molecule has 1 aliphatic heterocycles. The van der Waals surface area contributed by atoms with E-state index in [-0.39, 0.29) is 18.5 Å². The van der Waals surface area contributed by atoms with E-state index in [1.54, 1.807) is 49.9 Å². The second-order valence-corrected chi connectivity index (χ2v) is 5.41. The van der Waals surface area contributed by atoms with E-state index in [1.165, 1.54) is 0 Å². The molecule has 0 aromatic carbocycles.